The molecule has 1 aromatic carbocycles. The zero-order chi connectivity index (χ0) is 15.6. The number of anilines is 1. The third-order valence-corrected chi connectivity index (χ3v) is 3.51. The molecule has 3 amide bonds. The molecule has 0 spiro atoms. The predicted molar refractivity (Wildman–Crippen MR) is 78.3 cm³/mol. The van der Waals surface area contributed by atoms with Crippen molar-refractivity contribution < 1.29 is 14.4 Å². The Hall–Kier alpha value is -2.21. The van der Waals surface area contributed by atoms with Crippen LogP contribution in [0.15, 0.2) is 30.3 Å². The van der Waals surface area contributed by atoms with Crippen molar-refractivity contribution in [1.82, 2.24) is 5.32 Å². The van der Waals surface area contributed by atoms with E-state index in [0.29, 0.717) is 5.69 Å². The van der Waals surface area contributed by atoms with Crippen LogP contribution >= 0.6 is 0 Å². The van der Waals surface area contributed by atoms with Crippen molar-refractivity contribution >= 4 is 23.4 Å². The van der Waals surface area contributed by atoms with Gasteiger partial charge >= 0.3 is 0 Å². The second kappa shape index (κ2) is 6.05. The van der Waals surface area contributed by atoms with Crippen LogP contribution in [0.1, 0.15) is 20.3 Å². The van der Waals surface area contributed by atoms with Gasteiger partial charge in [-0.15, -0.1) is 0 Å². The number of rotatable bonds is 5. The van der Waals surface area contributed by atoms with Gasteiger partial charge in [0.25, 0.3) is 5.91 Å². The van der Waals surface area contributed by atoms with E-state index in [0.717, 1.165) is 4.90 Å². The molecule has 1 heterocycles. The third-order valence-electron chi connectivity index (χ3n) is 3.51. The lowest BCUT2D eigenvalue weighted by Crippen LogP contribution is -2.51. The molecule has 1 aliphatic rings. The van der Waals surface area contributed by atoms with E-state index >= 15 is 0 Å². The third kappa shape index (κ3) is 3.11. The van der Waals surface area contributed by atoms with Crippen molar-refractivity contribution in [3.05, 3.63) is 30.3 Å². The summed E-state index contributed by atoms with van der Waals surface area (Å²) >= 11 is 0. The summed E-state index contributed by atoms with van der Waals surface area (Å²) in [5.41, 5.74) is 5.87. The molecule has 0 bridgehead atoms. The number of hydrogen-bond acceptors (Lipinski definition) is 4. The normalized spacial score (nSPS) is 20.1. The number of nitrogens with one attached hydrogen (secondary N) is 1. The van der Waals surface area contributed by atoms with Gasteiger partial charge in [0.05, 0.1) is 24.2 Å². The molecule has 1 aliphatic heterocycles. The smallest absolute Gasteiger partial charge is 0.251 e. The Morgan fingerprint density at radius 3 is 2.43 bits per heavy atom. The van der Waals surface area contributed by atoms with Crippen LogP contribution in [0.2, 0.25) is 0 Å². The molecule has 1 saturated heterocycles. The molecule has 1 fully saturated rings. The summed E-state index contributed by atoms with van der Waals surface area (Å²) in [6.45, 7) is 3.66. The Bertz CT molecular complexity index is 557. The monoisotopic (exact) mass is 289 g/mol. The minimum atomic E-state index is -0.711. The van der Waals surface area contributed by atoms with E-state index in [4.69, 9.17) is 5.73 Å². The number of hydrogen-bond donors (Lipinski definition) is 2. The molecule has 6 heteroatoms. The van der Waals surface area contributed by atoms with Crippen molar-refractivity contribution in [2.24, 2.45) is 11.7 Å². The summed E-state index contributed by atoms with van der Waals surface area (Å²) in [7, 11) is 0. The van der Waals surface area contributed by atoms with E-state index in [2.05, 4.69) is 5.32 Å². The molecular weight excluding hydrogens is 270 g/mol. The minimum absolute atomic E-state index is 0.0320. The quantitative estimate of drug-likeness (QED) is 0.768. The lowest BCUT2D eigenvalue weighted by atomic mass is 10.0. The summed E-state index contributed by atoms with van der Waals surface area (Å²) in [6, 6.07) is 7.39. The minimum Gasteiger partial charge on any atom is -0.368 e. The first kappa shape index (κ1) is 15.2. The number of carbonyl (C=O) groups excluding carboxylic acids is 3. The highest BCUT2D eigenvalue weighted by atomic mass is 16.2. The Kier molecular flexibility index (Phi) is 4.37. The molecule has 0 saturated carbocycles. The van der Waals surface area contributed by atoms with Crippen molar-refractivity contribution in [3.8, 4) is 0 Å². The number of benzene rings is 1. The molecule has 3 N–H and O–H groups in total. The average molecular weight is 289 g/mol. The van der Waals surface area contributed by atoms with Gasteiger partial charge in [0.1, 0.15) is 0 Å². The fourth-order valence-electron chi connectivity index (χ4n) is 2.43. The Morgan fingerprint density at radius 1 is 1.29 bits per heavy atom. The summed E-state index contributed by atoms with van der Waals surface area (Å²) in [4.78, 5) is 37.0. The average Bonchev–Trinajstić information content (AvgIpc) is 2.71. The SMILES string of the molecule is CC(C)C(NC1CC(=O)N(c2ccccc2)C1=O)C(N)=O. The molecule has 1 aromatic rings. The second-order valence-corrected chi connectivity index (χ2v) is 5.45. The van der Waals surface area contributed by atoms with E-state index < -0.39 is 18.0 Å². The van der Waals surface area contributed by atoms with Gasteiger partial charge in [0.2, 0.25) is 11.8 Å². The molecule has 2 atom stereocenters. The second-order valence-electron chi connectivity index (χ2n) is 5.45. The molecule has 2 unspecified atom stereocenters. The van der Waals surface area contributed by atoms with Crippen molar-refractivity contribution in [1.29, 1.82) is 0 Å². The van der Waals surface area contributed by atoms with Crippen LogP contribution in [0.5, 0.6) is 0 Å². The van der Waals surface area contributed by atoms with Gasteiger partial charge in [-0.3, -0.25) is 19.7 Å². The highest BCUT2D eigenvalue weighted by molar-refractivity contribution is 6.22. The molecule has 0 aliphatic carbocycles. The van der Waals surface area contributed by atoms with Crippen LogP contribution in [0.3, 0.4) is 0 Å². The highest BCUT2D eigenvalue weighted by Gasteiger charge is 2.41. The van der Waals surface area contributed by atoms with Crippen LogP contribution in [-0.4, -0.2) is 29.8 Å². The van der Waals surface area contributed by atoms with E-state index in [-0.39, 0.29) is 24.2 Å². The first-order chi connectivity index (χ1) is 9.91. The fraction of sp³-hybridized carbons (Fsp3) is 0.400. The standard InChI is InChI=1S/C15H19N3O3/c1-9(2)13(14(16)20)17-11-8-12(19)18(15(11)21)10-6-4-3-5-7-10/h3-7,9,11,13,17H,8H2,1-2H3,(H2,16,20). The summed E-state index contributed by atoms with van der Waals surface area (Å²) < 4.78 is 0. The Balaban J connectivity index is 2.17. The zero-order valence-electron chi connectivity index (χ0n) is 12.1. The van der Waals surface area contributed by atoms with Crippen LogP contribution in [-0.2, 0) is 14.4 Å². The van der Waals surface area contributed by atoms with Gasteiger partial charge in [-0.1, -0.05) is 32.0 Å². The van der Waals surface area contributed by atoms with Gasteiger partial charge in [0.15, 0.2) is 0 Å². The highest BCUT2D eigenvalue weighted by Crippen LogP contribution is 2.23. The number of carbonyl (C=O) groups is 3. The van der Waals surface area contributed by atoms with Crippen molar-refractivity contribution in [2.75, 3.05) is 4.90 Å². The van der Waals surface area contributed by atoms with Gasteiger partial charge in [-0.2, -0.15) is 0 Å². The van der Waals surface area contributed by atoms with Crippen molar-refractivity contribution in [3.63, 3.8) is 0 Å². The molecular formula is C15H19N3O3. The van der Waals surface area contributed by atoms with E-state index in [1.54, 1.807) is 24.3 Å². The number of amides is 3. The Morgan fingerprint density at radius 2 is 1.90 bits per heavy atom. The van der Waals surface area contributed by atoms with E-state index in [1.807, 2.05) is 19.9 Å². The van der Waals surface area contributed by atoms with Gasteiger partial charge in [-0.25, -0.2) is 4.90 Å². The van der Waals surface area contributed by atoms with Gasteiger partial charge in [0, 0.05) is 0 Å². The fourth-order valence-corrected chi connectivity index (χ4v) is 2.43. The van der Waals surface area contributed by atoms with Crippen LogP contribution < -0.4 is 16.0 Å². The molecule has 2 rings (SSSR count). The predicted octanol–water partition coefficient (Wildman–Crippen LogP) is 0.418. The topological polar surface area (TPSA) is 92.5 Å². The number of imide groups is 1. The maximum atomic E-state index is 12.4. The molecule has 21 heavy (non-hydrogen) atoms. The number of para-hydroxylation sites is 1. The summed E-state index contributed by atoms with van der Waals surface area (Å²) in [6.07, 6.45) is 0.0320. The van der Waals surface area contributed by atoms with Gasteiger partial charge < -0.3 is 5.73 Å². The maximum Gasteiger partial charge on any atom is 0.251 e. The van der Waals surface area contributed by atoms with Crippen LogP contribution in [0, 0.1) is 5.92 Å². The Labute approximate surface area is 123 Å². The lowest BCUT2D eigenvalue weighted by Gasteiger charge is -2.22. The van der Waals surface area contributed by atoms with E-state index in [1.165, 1.54) is 0 Å². The van der Waals surface area contributed by atoms with Crippen LogP contribution in [0.4, 0.5) is 5.69 Å². The molecule has 6 nitrogen and oxygen atoms in total. The molecule has 0 radical (unpaired) electrons. The first-order valence-corrected chi connectivity index (χ1v) is 6.89. The lowest BCUT2D eigenvalue weighted by molar-refractivity contribution is -0.122. The van der Waals surface area contributed by atoms with E-state index in [9.17, 15) is 14.4 Å². The summed E-state index contributed by atoms with van der Waals surface area (Å²) in [5.74, 6) is -1.21. The number of nitrogens with two attached hydrogens (primary N) is 1. The first-order valence-electron chi connectivity index (χ1n) is 6.89. The maximum absolute atomic E-state index is 12.4. The largest absolute Gasteiger partial charge is 0.368 e. The number of primary amides is 1. The molecule has 112 valence electrons. The number of nitrogens with zero attached hydrogens (tertiary/aromatic N) is 1. The van der Waals surface area contributed by atoms with Crippen LogP contribution in [0.25, 0.3) is 0 Å². The molecule has 0 aromatic heterocycles. The zero-order valence-corrected chi connectivity index (χ0v) is 12.1. The summed E-state index contributed by atoms with van der Waals surface area (Å²) in [5, 5.41) is 2.91. The van der Waals surface area contributed by atoms with Gasteiger partial charge in [-0.05, 0) is 18.1 Å². The van der Waals surface area contributed by atoms with Crippen molar-refractivity contribution in [2.45, 2.75) is 32.4 Å².